The molecule has 0 aliphatic heterocycles. The number of thiazole rings is 1. The molecule has 1 N–H and O–H groups in total. The van der Waals surface area contributed by atoms with E-state index in [1.165, 1.54) is 35.6 Å². The molecule has 0 radical (unpaired) electrons. The Morgan fingerprint density at radius 2 is 1.88 bits per heavy atom. The van der Waals surface area contributed by atoms with Gasteiger partial charge in [0.05, 0.1) is 10.2 Å². The van der Waals surface area contributed by atoms with Crippen molar-refractivity contribution in [3.05, 3.63) is 54.1 Å². The summed E-state index contributed by atoms with van der Waals surface area (Å²) in [6.07, 6.45) is 1.08. The third-order valence-corrected chi connectivity index (χ3v) is 5.26. The van der Waals surface area contributed by atoms with Crippen molar-refractivity contribution in [3.8, 4) is 0 Å². The number of thioether (sulfide) groups is 1. The molecule has 3 aromatic rings. The molecule has 3 rings (SSSR count). The van der Waals surface area contributed by atoms with Gasteiger partial charge in [0.2, 0.25) is 5.91 Å². The maximum absolute atomic E-state index is 13.1. The number of hydrogen-bond acceptors (Lipinski definition) is 4. The molecule has 2 aromatic carbocycles. The molecule has 1 amide bonds. The first-order valence-corrected chi connectivity index (χ1v) is 9.15. The summed E-state index contributed by atoms with van der Waals surface area (Å²) in [7, 11) is 0. The molecule has 0 spiro atoms. The zero-order valence-electron chi connectivity index (χ0n) is 12.6. The summed E-state index contributed by atoms with van der Waals surface area (Å²) in [4.78, 5) is 17.2. The zero-order chi connectivity index (χ0) is 16.9. The summed E-state index contributed by atoms with van der Waals surface area (Å²) >= 11 is 2.83. The van der Waals surface area contributed by atoms with Crippen molar-refractivity contribution in [1.29, 1.82) is 0 Å². The van der Waals surface area contributed by atoms with Gasteiger partial charge in [0.1, 0.15) is 11.6 Å². The number of fused-ring (bicyclic) bond motifs is 1. The Labute approximate surface area is 146 Å². The van der Waals surface area contributed by atoms with Crippen molar-refractivity contribution in [2.75, 3.05) is 11.1 Å². The van der Waals surface area contributed by atoms with Crippen LogP contribution in [0.4, 0.5) is 13.9 Å². The molecule has 7 heteroatoms. The molecule has 0 fully saturated rings. The number of aromatic nitrogens is 1. The first-order chi connectivity index (χ1) is 11.6. The third-order valence-electron chi connectivity index (χ3n) is 3.23. The van der Waals surface area contributed by atoms with Crippen LogP contribution in [0.2, 0.25) is 0 Å². The Hall–Kier alpha value is -1.99. The average Bonchev–Trinajstić information content (AvgIpc) is 2.94. The van der Waals surface area contributed by atoms with Crippen LogP contribution in [-0.4, -0.2) is 16.6 Å². The van der Waals surface area contributed by atoms with E-state index in [1.54, 1.807) is 30.0 Å². The lowest BCUT2D eigenvalue weighted by molar-refractivity contribution is -0.116. The summed E-state index contributed by atoms with van der Waals surface area (Å²) in [6.45, 7) is 0. The summed E-state index contributed by atoms with van der Waals surface area (Å²) < 4.78 is 26.6. The van der Waals surface area contributed by atoms with Gasteiger partial charge in [-0.25, -0.2) is 13.8 Å². The fourth-order valence-electron chi connectivity index (χ4n) is 2.09. The molecule has 0 atom stereocenters. The van der Waals surface area contributed by atoms with E-state index in [2.05, 4.69) is 10.3 Å². The number of benzene rings is 2. The lowest BCUT2D eigenvalue weighted by atomic mass is 10.3. The minimum Gasteiger partial charge on any atom is -0.302 e. The SMILES string of the molecule is O=C(CCCSc1ccc(F)cc1)Nc1nc2ccc(F)cc2s1. The van der Waals surface area contributed by atoms with E-state index in [9.17, 15) is 13.6 Å². The van der Waals surface area contributed by atoms with Crippen LogP contribution < -0.4 is 5.32 Å². The van der Waals surface area contributed by atoms with Crippen LogP contribution in [0.5, 0.6) is 0 Å². The van der Waals surface area contributed by atoms with Crippen molar-refractivity contribution in [1.82, 2.24) is 4.98 Å². The predicted octanol–water partition coefficient (Wildman–Crippen LogP) is 5.09. The van der Waals surface area contributed by atoms with Gasteiger partial charge in [0.15, 0.2) is 5.13 Å². The van der Waals surface area contributed by atoms with Crippen molar-refractivity contribution >= 4 is 44.4 Å². The van der Waals surface area contributed by atoms with Gasteiger partial charge in [0, 0.05) is 11.3 Å². The monoisotopic (exact) mass is 364 g/mol. The van der Waals surface area contributed by atoms with Crippen LogP contribution in [-0.2, 0) is 4.79 Å². The van der Waals surface area contributed by atoms with E-state index >= 15 is 0 Å². The van der Waals surface area contributed by atoms with Crippen molar-refractivity contribution in [3.63, 3.8) is 0 Å². The van der Waals surface area contributed by atoms with Crippen molar-refractivity contribution < 1.29 is 13.6 Å². The predicted molar refractivity (Wildman–Crippen MR) is 94.6 cm³/mol. The number of hydrogen-bond donors (Lipinski definition) is 1. The molecule has 0 saturated carbocycles. The lowest BCUT2D eigenvalue weighted by Gasteiger charge is -2.02. The summed E-state index contributed by atoms with van der Waals surface area (Å²) in [5.74, 6) is 0.0786. The van der Waals surface area contributed by atoms with Crippen LogP contribution in [0.25, 0.3) is 10.2 Å². The fourth-order valence-corrected chi connectivity index (χ4v) is 3.85. The standard InChI is InChI=1S/C17H14F2N2OS2/c18-11-3-6-13(7-4-11)23-9-1-2-16(22)21-17-20-14-8-5-12(19)10-15(14)24-17/h3-8,10H,1-2,9H2,(H,20,21,22). The highest BCUT2D eigenvalue weighted by molar-refractivity contribution is 7.99. The maximum atomic E-state index is 13.1. The first-order valence-electron chi connectivity index (χ1n) is 7.34. The minimum absolute atomic E-state index is 0.116. The molecular formula is C17H14F2N2OS2. The molecule has 1 heterocycles. The smallest absolute Gasteiger partial charge is 0.226 e. The van der Waals surface area contributed by atoms with E-state index in [1.807, 2.05) is 0 Å². The highest BCUT2D eigenvalue weighted by atomic mass is 32.2. The number of halogens is 2. The van der Waals surface area contributed by atoms with Gasteiger partial charge in [-0.3, -0.25) is 4.79 Å². The van der Waals surface area contributed by atoms with E-state index < -0.39 is 0 Å². The maximum Gasteiger partial charge on any atom is 0.226 e. The molecule has 0 saturated heterocycles. The second-order valence-electron chi connectivity index (χ2n) is 5.09. The van der Waals surface area contributed by atoms with Crippen LogP contribution in [0.15, 0.2) is 47.4 Å². The molecule has 1 aromatic heterocycles. The molecule has 0 aliphatic rings. The number of rotatable bonds is 6. The van der Waals surface area contributed by atoms with Gasteiger partial charge in [0.25, 0.3) is 0 Å². The van der Waals surface area contributed by atoms with Gasteiger partial charge in [-0.2, -0.15) is 0 Å². The molecule has 0 unspecified atom stereocenters. The van der Waals surface area contributed by atoms with E-state index in [-0.39, 0.29) is 17.5 Å². The van der Waals surface area contributed by atoms with Gasteiger partial charge in [-0.15, -0.1) is 11.8 Å². The molecule has 0 bridgehead atoms. The van der Waals surface area contributed by atoms with Gasteiger partial charge in [-0.1, -0.05) is 11.3 Å². The van der Waals surface area contributed by atoms with Crippen molar-refractivity contribution in [2.45, 2.75) is 17.7 Å². The highest BCUT2D eigenvalue weighted by Gasteiger charge is 2.08. The second-order valence-corrected chi connectivity index (χ2v) is 7.28. The largest absolute Gasteiger partial charge is 0.302 e. The molecular weight excluding hydrogens is 350 g/mol. The van der Waals surface area contributed by atoms with Gasteiger partial charge < -0.3 is 5.32 Å². The number of carbonyl (C=O) groups is 1. The number of nitrogens with one attached hydrogen (secondary N) is 1. The lowest BCUT2D eigenvalue weighted by Crippen LogP contribution is -2.11. The molecule has 124 valence electrons. The Balaban J connectivity index is 1.45. The topological polar surface area (TPSA) is 42.0 Å². The zero-order valence-corrected chi connectivity index (χ0v) is 14.2. The van der Waals surface area contributed by atoms with E-state index in [0.29, 0.717) is 28.2 Å². The second kappa shape index (κ2) is 7.72. The molecule has 24 heavy (non-hydrogen) atoms. The number of nitrogens with zero attached hydrogens (tertiary/aromatic N) is 1. The molecule has 0 aliphatic carbocycles. The van der Waals surface area contributed by atoms with Crippen LogP contribution in [0, 0.1) is 11.6 Å². The highest BCUT2D eigenvalue weighted by Crippen LogP contribution is 2.26. The van der Waals surface area contributed by atoms with Crippen molar-refractivity contribution in [2.24, 2.45) is 0 Å². The Bertz CT molecular complexity index is 849. The Morgan fingerprint density at radius 1 is 1.12 bits per heavy atom. The quantitative estimate of drug-likeness (QED) is 0.490. The third kappa shape index (κ3) is 4.52. The normalized spacial score (nSPS) is 10.9. The van der Waals surface area contributed by atoms with E-state index in [4.69, 9.17) is 0 Å². The summed E-state index contributed by atoms with van der Waals surface area (Å²) in [5, 5.41) is 3.22. The van der Waals surface area contributed by atoms with Crippen LogP contribution in [0.3, 0.4) is 0 Å². The fraction of sp³-hybridized carbons (Fsp3) is 0.176. The number of carbonyl (C=O) groups excluding carboxylic acids is 1. The summed E-state index contributed by atoms with van der Waals surface area (Å²) in [5.41, 5.74) is 0.670. The van der Waals surface area contributed by atoms with Crippen LogP contribution in [0.1, 0.15) is 12.8 Å². The van der Waals surface area contributed by atoms with Crippen LogP contribution >= 0.6 is 23.1 Å². The minimum atomic E-state index is -0.318. The van der Waals surface area contributed by atoms with Gasteiger partial charge in [-0.05, 0) is 54.6 Å². The number of anilines is 1. The Kier molecular flexibility index (Phi) is 5.42. The summed E-state index contributed by atoms with van der Waals surface area (Å²) in [6, 6.07) is 10.6. The van der Waals surface area contributed by atoms with Gasteiger partial charge >= 0.3 is 0 Å². The first kappa shape index (κ1) is 16.9. The number of amides is 1. The molecule has 3 nitrogen and oxygen atoms in total. The Morgan fingerprint density at radius 3 is 2.67 bits per heavy atom. The van der Waals surface area contributed by atoms with E-state index in [0.717, 1.165) is 10.6 Å². The average molecular weight is 364 g/mol.